The lowest BCUT2D eigenvalue weighted by atomic mass is 10.0. The number of benzene rings is 1. The number of sulfone groups is 1. The Morgan fingerprint density at radius 1 is 1.25 bits per heavy atom. The quantitative estimate of drug-likeness (QED) is 0.839. The van der Waals surface area contributed by atoms with Gasteiger partial charge in [-0.3, -0.25) is 14.6 Å². The second kappa shape index (κ2) is 6.59. The van der Waals surface area contributed by atoms with E-state index in [1.165, 1.54) is 6.07 Å². The highest BCUT2D eigenvalue weighted by Gasteiger charge is 2.46. The first kappa shape index (κ1) is 17.6. The lowest BCUT2D eigenvalue weighted by molar-refractivity contribution is -0.139. The summed E-state index contributed by atoms with van der Waals surface area (Å²) in [7, 11) is -3.20. The van der Waals surface area contributed by atoms with Crippen molar-refractivity contribution >= 4 is 27.4 Å². The molecule has 9 heteroatoms. The second-order valence-electron chi connectivity index (χ2n) is 6.29. The average Bonchev–Trinajstić information content (AvgIpc) is 2.81. The summed E-state index contributed by atoms with van der Waals surface area (Å²) >= 11 is 5.81. The highest BCUT2D eigenvalue weighted by atomic mass is 35.5. The summed E-state index contributed by atoms with van der Waals surface area (Å²) in [6.07, 6.45) is 0. The van der Waals surface area contributed by atoms with Gasteiger partial charge in [-0.25, -0.2) is 12.8 Å². The fourth-order valence-electron chi connectivity index (χ4n) is 3.54. The summed E-state index contributed by atoms with van der Waals surface area (Å²) in [6.45, 7) is 1.33. The molecular weight excluding hydrogens is 359 g/mol. The minimum Gasteiger partial charge on any atom is -0.480 e. The SMILES string of the molecule is O=C(O)CN1CCN(Cc2ccc(F)c(Cl)c2)[C@H]2CS(=O)(=O)C[C@H]21. The molecular formula is C15H18ClFN2O4S. The van der Waals surface area contributed by atoms with Crippen molar-refractivity contribution in [2.75, 3.05) is 31.1 Å². The standard InChI is InChI=1S/C15H18ClFN2O4S/c16-11-5-10(1-2-12(11)17)6-18-3-4-19(7-15(20)21)14-9-24(22,23)8-13(14)18/h1-2,5,13-14H,3-4,6-9H2,(H,20,21)/t13-,14+/m0/s1. The highest BCUT2D eigenvalue weighted by molar-refractivity contribution is 7.91. The summed E-state index contributed by atoms with van der Waals surface area (Å²) in [5, 5.41) is 9.05. The molecule has 1 aromatic carbocycles. The van der Waals surface area contributed by atoms with Crippen LogP contribution < -0.4 is 0 Å². The number of piperazine rings is 1. The smallest absolute Gasteiger partial charge is 0.317 e. The van der Waals surface area contributed by atoms with E-state index >= 15 is 0 Å². The number of fused-ring (bicyclic) bond motifs is 1. The minimum atomic E-state index is -3.20. The van der Waals surface area contributed by atoms with E-state index < -0.39 is 21.6 Å². The molecule has 0 saturated carbocycles. The average molecular weight is 377 g/mol. The van der Waals surface area contributed by atoms with Gasteiger partial charge < -0.3 is 5.11 Å². The van der Waals surface area contributed by atoms with Crippen molar-refractivity contribution in [2.45, 2.75) is 18.6 Å². The maximum absolute atomic E-state index is 13.3. The number of hydrogen-bond donors (Lipinski definition) is 1. The summed E-state index contributed by atoms with van der Waals surface area (Å²) in [4.78, 5) is 14.8. The zero-order chi connectivity index (χ0) is 17.5. The van der Waals surface area contributed by atoms with Gasteiger partial charge in [-0.2, -0.15) is 0 Å². The Balaban J connectivity index is 1.80. The molecule has 6 nitrogen and oxygen atoms in total. The molecule has 2 heterocycles. The van der Waals surface area contributed by atoms with Crippen LogP contribution in [0.4, 0.5) is 4.39 Å². The molecule has 1 N–H and O–H groups in total. The molecule has 24 heavy (non-hydrogen) atoms. The summed E-state index contributed by atoms with van der Waals surface area (Å²) < 4.78 is 37.4. The van der Waals surface area contributed by atoms with Gasteiger partial charge in [-0.1, -0.05) is 17.7 Å². The molecule has 2 atom stereocenters. The first-order chi connectivity index (χ1) is 11.2. The van der Waals surface area contributed by atoms with Gasteiger partial charge in [-0.15, -0.1) is 0 Å². The minimum absolute atomic E-state index is 0.0166. The van der Waals surface area contributed by atoms with E-state index in [0.717, 1.165) is 5.56 Å². The van der Waals surface area contributed by atoms with E-state index in [1.807, 2.05) is 4.90 Å². The second-order valence-corrected chi connectivity index (χ2v) is 8.86. The molecule has 0 aromatic heterocycles. The van der Waals surface area contributed by atoms with E-state index in [-0.39, 0.29) is 35.2 Å². The number of aliphatic carboxylic acids is 1. The van der Waals surface area contributed by atoms with Gasteiger partial charge in [0.25, 0.3) is 0 Å². The first-order valence-electron chi connectivity index (χ1n) is 7.59. The van der Waals surface area contributed by atoms with Gasteiger partial charge in [0.15, 0.2) is 9.84 Å². The number of rotatable bonds is 4. The molecule has 0 radical (unpaired) electrons. The molecule has 0 amide bonds. The summed E-state index contributed by atoms with van der Waals surface area (Å²) in [5.74, 6) is -1.46. The third-order valence-electron chi connectivity index (χ3n) is 4.61. The van der Waals surface area contributed by atoms with Crippen LogP contribution in [0.3, 0.4) is 0 Å². The van der Waals surface area contributed by atoms with Gasteiger partial charge in [0.1, 0.15) is 5.82 Å². The Bertz CT molecular complexity index is 758. The van der Waals surface area contributed by atoms with Crippen LogP contribution in [-0.2, 0) is 21.2 Å². The number of hydrogen-bond acceptors (Lipinski definition) is 5. The Kier molecular flexibility index (Phi) is 4.83. The normalized spacial score (nSPS) is 27.1. The van der Waals surface area contributed by atoms with Crippen LogP contribution in [0, 0.1) is 5.82 Å². The molecule has 2 aliphatic heterocycles. The molecule has 0 aliphatic carbocycles. The van der Waals surface area contributed by atoms with Crippen molar-refractivity contribution in [3.8, 4) is 0 Å². The topological polar surface area (TPSA) is 77.9 Å². The van der Waals surface area contributed by atoms with Crippen LogP contribution in [-0.4, -0.2) is 72.5 Å². The first-order valence-corrected chi connectivity index (χ1v) is 9.79. The lowest BCUT2D eigenvalue weighted by Gasteiger charge is -2.43. The van der Waals surface area contributed by atoms with E-state index in [1.54, 1.807) is 17.0 Å². The summed E-state index contributed by atoms with van der Waals surface area (Å²) in [5.41, 5.74) is 0.802. The number of halogens is 2. The Morgan fingerprint density at radius 3 is 2.50 bits per heavy atom. The third-order valence-corrected chi connectivity index (χ3v) is 6.60. The van der Waals surface area contributed by atoms with Crippen molar-refractivity contribution in [2.24, 2.45) is 0 Å². The van der Waals surface area contributed by atoms with E-state index in [9.17, 15) is 17.6 Å². The van der Waals surface area contributed by atoms with Crippen LogP contribution in [0.2, 0.25) is 5.02 Å². The highest BCUT2D eigenvalue weighted by Crippen LogP contribution is 2.28. The number of carbonyl (C=O) groups is 1. The van der Waals surface area contributed by atoms with Crippen molar-refractivity contribution < 1.29 is 22.7 Å². The van der Waals surface area contributed by atoms with Crippen molar-refractivity contribution in [1.29, 1.82) is 0 Å². The fraction of sp³-hybridized carbons (Fsp3) is 0.533. The zero-order valence-corrected chi connectivity index (χ0v) is 14.4. The summed E-state index contributed by atoms with van der Waals surface area (Å²) in [6, 6.07) is 3.88. The maximum Gasteiger partial charge on any atom is 0.317 e. The number of carboxylic acids is 1. The number of carboxylic acid groups (broad SMARTS) is 1. The molecule has 0 spiro atoms. The van der Waals surface area contributed by atoms with Crippen LogP contribution in [0.1, 0.15) is 5.56 Å². The molecule has 2 fully saturated rings. The molecule has 132 valence electrons. The molecule has 2 saturated heterocycles. The largest absolute Gasteiger partial charge is 0.480 e. The Hall–Kier alpha value is -1.22. The molecule has 0 bridgehead atoms. The van der Waals surface area contributed by atoms with Crippen LogP contribution in [0.25, 0.3) is 0 Å². The monoisotopic (exact) mass is 376 g/mol. The zero-order valence-electron chi connectivity index (χ0n) is 12.9. The molecule has 0 unspecified atom stereocenters. The number of nitrogens with zero attached hydrogens (tertiary/aromatic N) is 2. The maximum atomic E-state index is 13.3. The molecule has 1 aromatic rings. The van der Waals surface area contributed by atoms with Crippen molar-refractivity contribution in [3.63, 3.8) is 0 Å². The fourth-order valence-corrected chi connectivity index (χ4v) is 5.78. The van der Waals surface area contributed by atoms with E-state index in [2.05, 4.69) is 0 Å². The van der Waals surface area contributed by atoms with Crippen LogP contribution in [0.15, 0.2) is 18.2 Å². The van der Waals surface area contributed by atoms with Gasteiger partial charge in [-0.05, 0) is 17.7 Å². The van der Waals surface area contributed by atoms with Gasteiger partial charge in [0.05, 0.1) is 23.1 Å². The molecule has 3 rings (SSSR count). The Labute approximate surface area is 144 Å². The van der Waals surface area contributed by atoms with Crippen molar-refractivity contribution in [1.82, 2.24) is 9.80 Å². The predicted molar refractivity (Wildman–Crippen MR) is 87.3 cm³/mol. The van der Waals surface area contributed by atoms with Crippen LogP contribution >= 0.6 is 11.6 Å². The van der Waals surface area contributed by atoms with Gasteiger partial charge in [0.2, 0.25) is 0 Å². The van der Waals surface area contributed by atoms with Crippen molar-refractivity contribution in [3.05, 3.63) is 34.6 Å². The van der Waals surface area contributed by atoms with E-state index in [0.29, 0.717) is 19.6 Å². The van der Waals surface area contributed by atoms with Gasteiger partial charge in [0, 0.05) is 31.7 Å². The lowest BCUT2D eigenvalue weighted by Crippen LogP contribution is -2.59. The van der Waals surface area contributed by atoms with Crippen LogP contribution in [0.5, 0.6) is 0 Å². The molecule has 2 aliphatic rings. The third kappa shape index (κ3) is 3.72. The van der Waals surface area contributed by atoms with Gasteiger partial charge >= 0.3 is 5.97 Å². The Morgan fingerprint density at radius 2 is 1.88 bits per heavy atom. The van der Waals surface area contributed by atoms with E-state index in [4.69, 9.17) is 16.7 Å². The predicted octanol–water partition coefficient (Wildman–Crippen LogP) is 0.847.